The highest BCUT2D eigenvalue weighted by molar-refractivity contribution is 9.10. The van der Waals surface area contributed by atoms with Gasteiger partial charge in [0.1, 0.15) is 12.6 Å². The van der Waals surface area contributed by atoms with Gasteiger partial charge in [-0.25, -0.2) is 8.42 Å². The number of rotatable bonds is 11. The smallest absolute Gasteiger partial charge is 0.264 e. The summed E-state index contributed by atoms with van der Waals surface area (Å²) < 4.78 is 29.7. The van der Waals surface area contributed by atoms with Gasteiger partial charge in [-0.3, -0.25) is 13.9 Å². The van der Waals surface area contributed by atoms with Crippen molar-refractivity contribution < 1.29 is 18.0 Å². The van der Waals surface area contributed by atoms with E-state index in [0.717, 1.165) is 35.6 Å². The maximum atomic E-state index is 14.2. The Labute approximate surface area is 256 Å². The Morgan fingerprint density at radius 3 is 2.34 bits per heavy atom. The van der Waals surface area contributed by atoms with Gasteiger partial charge in [0, 0.05) is 22.1 Å². The number of benzene rings is 3. The molecule has 1 N–H and O–H groups in total. The number of aryl methyl sites for hydroxylation is 1. The zero-order valence-electron chi connectivity index (χ0n) is 23.2. The molecule has 0 aliphatic heterocycles. The molecule has 0 aromatic heterocycles. The largest absolute Gasteiger partial charge is 0.352 e. The molecule has 4 rings (SSSR count). The highest BCUT2D eigenvalue weighted by Crippen LogP contribution is 2.28. The van der Waals surface area contributed by atoms with Crippen molar-refractivity contribution in [1.82, 2.24) is 10.2 Å². The van der Waals surface area contributed by atoms with E-state index in [4.69, 9.17) is 11.6 Å². The second kappa shape index (κ2) is 13.9. The van der Waals surface area contributed by atoms with Crippen LogP contribution in [0.2, 0.25) is 5.02 Å². The molecule has 10 heteroatoms. The molecule has 3 aromatic rings. The van der Waals surface area contributed by atoms with Crippen LogP contribution < -0.4 is 9.62 Å². The average Bonchev–Trinajstić information content (AvgIpc) is 3.45. The number of nitrogens with zero attached hydrogens (tertiary/aromatic N) is 2. The molecular formula is C31H35BrClN3O4S. The predicted molar refractivity (Wildman–Crippen MR) is 166 cm³/mol. The Morgan fingerprint density at radius 1 is 1.02 bits per heavy atom. The van der Waals surface area contributed by atoms with E-state index in [-0.39, 0.29) is 23.4 Å². The normalized spacial score (nSPS) is 14.4. The Morgan fingerprint density at radius 2 is 1.71 bits per heavy atom. The van der Waals surface area contributed by atoms with Gasteiger partial charge in [-0.2, -0.15) is 0 Å². The maximum absolute atomic E-state index is 14.2. The lowest BCUT2D eigenvalue weighted by atomic mass is 10.1. The quantitative estimate of drug-likeness (QED) is 0.255. The van der Waals surface area contributed by atoms with Crippen molar-refractivity contribution in [2.24, 2.45) is 0 Å². The van der Waals surface area contributed by atoms with Gasteiger partial charge in [0.05, 0.1) is 10.6 Å². The van der Waals surface area contributed by atoms with Crippen molar-refractivity contribution in [3.63, 3.8) is 0 Å². The van der Waals surface area contributed by atoms with Crippen LogP contribution in [-0.4, -0.2) is 43.8 Å². The summed E-state index contributed by atoms with van der Waals surface area (Å²) in [4.78, 5) is 29.2. The van der Waals surface area contributed by atoms with E-state index >= 15 is 0 Å². The molecular weight excluding hydrogens is 626 g/mol. The summed E-state index contributed by atoms with van der Waals surface area (Å²) in [5.74, 6) is -0.746. The van der Waals surface area contributed by atoms with E-state index in [2.05, 4.69) is 21.2 Å². The van der Waals surface area contributed by atoms with Gasteiger partial charge in [-0.15, -0.1) is 0 Å². The standard InChI is InChI=1S/C31H35BrClN3O4S/c1-3-29(31(38)34-25-11-5-6-12-25)35(20-23-9-4-7-14-28(23)33)30(37)21-36(26-13-8-10-24(32)19-26)41(39,40)27-17-15-22(2)16-18-27/h4,7-10,13-19,25,29H,3,5-6,11-12,20-21H2,1-2H3,(H,34,38). The first kappa shape index (κ1) is 31.1. The van der Waals surface area contributed by atoms with Crippen LogP contribution in [0.3, 0.4) is 0 Å². The van der Waals surface area contributed by atoms with Crippen LogP contribution in [-0.2, 0) is 26.2 Å². The van der Waals surface area contributed by atoms with Gasteiger partial charge in [-0.05, 0) is 68.1 Å². The lowest BCUT2D eigenvalue weighted by Gasteiger charge is -2.34. The molecule has 0 spiro atoms. The lowest BCUT2D eigenvalue weighted by Crippen LogP contribution is -2.53. The summed E-state index contributed by atoms with van der Waals surface area (Å²) in [5.41, 5.74) is 1.92. The number of amides is 2. The van der Waals surface area contributed by atoms with Crippen LogP contribution in [0.15, 0.2) is 82.2 Å². The van der Waals surface area contributed by atoms with E-state index in [0.29, 0.717) is 27.2 Å². The predicted octanol–water partition coefficient (Wildman–Crippen LogP) is 6.47. The average molecular weight is 661 g/mol. The van der Waals surface area contributed by atoms with Gasteiger partial charge in [-0.1, -0.05) is 89.3 Å². The molecule has 1 aliphatic carbocycles. The van der Waals surface area contributed by atoms with Gasteiger partial charge < -0.3 is 10.2 Å². The maximum Gasteiger partial charge on any atom is 0.264 e. The Balaban J connectivity index is 1.72. The van der Waals surface area contributed by atoms with Crippen molar-refractivity contribution in [1.29, 1.82) is 0 Å². The SMILES string of the molecule is CCC(C(=O)NC1CCCC1)N(Cc1ccccc1Cl)C(=O)CN(c1cccc(Br)c1)S(=O)(=O)c1ccc(C)cc1. The van der Waals surface area contributed by atoms with Crippen LogP contribution in [0.25, 0.3) is 0 Å². The van der Waals surface area contributed by atoms with Crippen molar-refractivity contribution in [3.8, 4) is 0 Å². The minimum absolute atomic E-state index is 0.0615. The third-order valence-electron chi connectivity index (χ3n) is 7.37. The number of carbonyl (C=O) groups is 2. The van der Waals surface area contributed by atoms with E-state index in [1.807, 2.05) is 19.9 Å². The fourth-order valence-corrected chi connectivity index (χ4v) is 7.08. The first-order valence-corrected chi connectivity index (χ1v) is 16.4. The molecule has 41 heavy (non-hydrogen) atoms. The molecule has 3 aromatic carbocycles. The summed E-state index contributed by atoms with van der Waals surface area (Å²) >= 11 is 9.89. The molecule has 1 aliphatic rings. The second-order valence-corrected chi connectivity index (χ2v) is 13.5. The Bertz CT molecular complexity index is 1480. The van der Waals surface area contributed by atoms with Crippen molar-refractivity contribution in [2.45, 2.75) is 69.5 Å². The minimum Gasteiger partial charge on any atom is -0.352 e. The summed E-state index contributed by atoms with van der Waals surface area (Å²) in [6.07, 6.45) is 4.29. The first-order chi connectivity index (χ1) is 19.6. The molecule has 0 heterocycles. The highest BCUT2D eigenvalue weighted by Gasteiger charge is 2.34. The molecule has 2 amide bonds. The van der Waals surface area contributed by atoms with Crippen molar-refractivity contribution in [3.05, 3.63) is 93.4 Å². The van der Waals surface area contributed by atoms with E-state index < -0.39 is 28.5 Å². The number of sulfonamides is 1. The topological polar surface area (TPSA) is 86.8 Å². The zero-order chi connectivity index (χ0) is 29.6. The van der Waals surface area contributed by atoms with Crippen LogP contribution in [0.4, 0.5) is 5.69 Å². The van der Waals surface area contributed by atoms with Crippen LogP contribution in [0.5, 0.6) is 0 Å². The Kier molecular flexibility index (Phi) is 10.5. The van der Waals surface area contributed by atoms with Crippen LogP contribution >= 0.6 is 27.5 Å². The lowest BCUT2D eigenvalue weighted by molar-refractivity contribution is -0.140. The zero-order valence-corrected chi connectivity index (χ0v) is 26.4. The number of hydrogen-bond acceptors (Lipinski definition) is 4. The molecule has 0 bridgehead atoms. The third-order valence-corrected chi connectivity index (χ3v) is 10.0. The molecule has 1 unspecified atom stereocenters. The Hall–Kier alpha value is -2.88. The van der Waals surface area contributed by atoms with E-state index in [1.54, 1.807) is 54.6 Å². The number of halogens is 2. The summed E-state index contributed by atoms with van der Waals surface area (Å²) in [6.45, 7) is 3.29. The molecule has 1 saturated carbocycles. The number of nitrogens with one attached hydrogen (secondary N) is 1. The monoisotopic (exact) mass is 659 g/mol. The van der Waals surface area contributed by atoms with Crippen LogP contribution in [0.1, 0.15) is 50.2 Å². The summed E-state index contributed by atoms with van der Waals surface area (Å²) in [5, 5.41) is 3.58. The molecule has 1 atom stereocenters. The minimum atomic E-state index is -4.13. The molecule has 0 radical (unpaired) electrons. The molecule has 1 fully saturated rings. The number of anilines is 1. The summed E-state index contributed by atoms with van der Waals surface area (Å²) in [6, 6.07) is 19.7. The van der Waals surface area contributed by atoms with Gasteiger partial charge >= 0.3 is 0 Å². The van der Waals surface area contributed by atoms with E-state index in [1.165, 1.54) is 17.0 Å². The van der Waals surface area contributed by atoms with Gasteiger partial charge in [0.25, 0.3) is 10.0 Å². The van der Waals surface area contributed by atoms with Crippen molar-refractivity contribution in [2.75, 3.05) is 10.8 Å². The molecule has 0 saturated heterocycles. The fourth-order valence-electron chi connectivity index (χ4n) is 5.09. The third kappa shape index (κ3) is 7.70. The van der Waals surface area contributed by atoms with Crippen LogP contribution in [0, 0.1) is 6.92 Å². The van der Waals surface area contributed by atoms with Crippen molar-refractivity contribution >= 4 is 55.1 Å². The fraction of sp³-hybridized carbons (Fsp3) is 0.355. The summed E-state index contributed by atoms with van der Waals surface area (Å²) in [7, 11) is -4.13. The van der Waals surface area contributed by atoms with Gasteiger partial charge in [0.15, 0.2) is 0 Å². The second-order valence-electron chi connectivity index (χ2n) is 10.3. The van der Waals surface area contributed by atoms with Gasteiger partial charge in [0.2, 0.25) is 11.8 Å². The molecule has 218 valence electrons. The first-order valence-electron chi connectivity index (χ1n) is 13.8. The number of hydrogen-bond donors (Lipinski definition) is 1. The van der Waals surface area contributed by atoms with E-state index in [9.17, 15) is 18.0 Å². The molecule has 7 nitrogen and oxygen atoms in total. The highest BCUT2D eigenvalue weighted by atomic mass is 79.9. The number of carbonyl (C=O) groups excluding carboxylic acids is 2.